The molecule has 0 aliphatic rings. The molecule has 0 aromatic heterocycles. The quantitative estimate of drug-likeness (QED) is 0.216. The number of hydrogen-bond donors (Lipinski definition) is 2. The van der Waals surface area contributed by atoms with Gasteiger partial charge in [-0.15, -0.1) is 0 Å². The lowest BCUT2D eigenvalue weighted by atomic mass is 10.1. The molecular weight excluding hydrogens is 334 g/mol. The summed E-state index contributed by atoms with van der Waals surface area (Å²) in [5.41, 5.74) is 8.04. The number of carbonyl (C=O) groups is 1. The standard InChI is InChI=1S/C12H27N.C12H20O2/c1-2-3-4-5-6-7-8-9-10-11-12-13;1-10(2)6-4-7-11(3)8-5-9-12(13)14/h2-13H2,1H3;6,8H,4-5,7,9H2,1-3H3,(H,13,14)/b;11-8+. The van der Waals surface area contributed by atoms with Gasteiger partial charge in [-0.05, 0) is 53.0 Å². The number of nitrogens with two attached hydrogens (primary N) is 1. The smallest absolute Gasteiger partial charge is 0.303 e. The fourth-order valence-electron chi connectivity index (χ4n) is 2.76. The summed E-state index contributed by atoms with van der Waals surface area (Å²) >= 11 is 0. The van der Waals surface area contributed by atoms with Crippen LogP contribution in [0.2, 0.25) is 0 Å². The van der Waals surface area contributed by atoms with E-state index >= 15 is 0 Å². The maximum atomic E-state index is 10.2. The molecule has 0 amide bonds. The van der Waals surface area contributed by atoms with Crippen molar-refractivity contribution in [2.24, 2.45) is 5.73 Å². The lowest BCUT2D eigenvalue weighted by Gasteiger charge is -2.00. The SMILES string of the molecule is CC(C)=CCC/C(C)=C/CCC(=O)O.CCCCCCCCCCCCN. The number of carboxylic acid groups (broad SMARTS) is 1. The van der Waals surface area contributed by atoms with Crippen LogP contribution in [0.3, 0.4) is 0 Å². The molecule has 0 aromatic carbocycles. The van der Waals surface area contributed by atoms with Gasteiger partial charge in [0.2, 0.25) is 0 Å². The van der Waals surface area contributed by atoms with E-state index in [1.165, 1.54) is 75.4 Å². The lowest BCUT2D eigenvalue weighted by molar-refractivity contribution is -0.136. The van der Waals surface area contributed by atoms with Gasteiger partial charge < -0.3 is 10.8 Å². The number of rotatable bonds is 16. The van der Waals surface area contributed by atoms with Crippen LogP contribution >= 0.6 is 0 Å². The third-order valence-electron chi connectivity index (χ3n) is 4.50. The Hall–Kier alpha value is -1.09. The first kappa shape index (κ1) is 28.1. The summed E-state index contributed by atoms with van der Waals surface area (Å²) in [6.45, 7) is 9.37. The highest BCUT2D eigenvalue weighted by Crippen LogP contribution is 2.10. The molecule has 0 fully saturated rings. The van der Waals surface area contributed by atoms with Crippen LogP contribution in [0.4, 0.5) is 0 Å². The minimum absolute atomic E-state index is 0.236. The molecule has 27 heavy (non-hydrogen) atoms. The summed E-state index contributed by atoms with van der Waals surface area (Å²) < 4.78 is 0. The Morgan fingerprint density at radius 2 is 1.26 bits per heavy atom. The molecule has 0 atom stereocenters. The Labute approximate surface area is 169 Å². The Morgan fingerprint density at radius 1 is 0.778 bits per heavy atom. The van der Waals surface area contributed by atoms with Crippen molar-refractivity contribution >= 4 is 5.97 Å². The van der Waals surface area contributed by atoms with Crippen molar-refractivity contribution in [3.63, 3.8) is 0 Å². The Balaban J connectivity index is 0. The van der Waals surface area contributed by atoms with E-state index in [0.717, 1.165) is 19.4 Å². The van der Waals surface area contributed by atoms with Gasteiger partial charge in [0, 0.05) is 6.42 Å². The highest BCUT2D eigenvalue weighted by Gasteiger charge is 1.94. The molecule has 3 heteroatoms. The van der Waals surface area contributed by atoms with Crippen LogP contribution in [0.25, 0.3) is 0 Å². The third-order valence-corrected chi connectivity index (χ3v) is 4.50. The van der Waals surface area contributed by atoms with E-state index in [9.17, 15) is 4.79 Å². The van der Waals surface area contributed by atoms with Gasteiger partial charge in [-0.1, -0.05) is 88.0 Å². The van der Waals surface area contributed by atoms with Crippen LogP contribution in [0.1, 0.15) is 118 Å². The van der Waals surface area contributed by atoms with E-state index in [1.54, 1.807) is 0 Å². The molecular formula is C24H47NO2. The largest absolute Gasteiger partial charge is 0.481 e. The minimum atomic E-state index is -0.724. The van der Waals surface area contributed by atoms with Gasteiger partial charge in [0.15, 0.2) is 0 Å². The van der Waals surface area contributed by atoms with Gasteiger partial charge in [-0.25, -0.2) is 0 Å². The number of allylic oxidation sites excluding steroid dienone is 4. The van der Waals surface area contributed by atoms with Gasteiger partial charge >= 0.3 is 5.97 Å². The molecule has 0 heterocycles. The second-order valence-corrected chi connectivity index (χ2v) is 7.77. The summed E-state index contributed by atoms with van der Waals surface area (Å²) in [5, 5.41) is 8.44. The van der Waals surface area contributed by atoms with Gasteiger partial charge in [0.25, 0.3) is 0 Å². The number of aliphatic carboxylic acids is 1. The molecule has 3 nitrogen and oxygen atoms in total. The predicted octanol–water partition coefficient (Wildman–Crippen LogP) is 7.41. The van der Waals surface area contributed by atoms with Crippen molar-refractivity contribution in [3.8, 4) is 0 Å². The third kappa shape index (κ3) is 29.9. The highest BCUT2D eigenvalue weighted by atomic mass is 16.4. The summed E-state index contributed by atoms with van der Waals surface area (Å²) in [6, 6.07) is 0. The van der Waals surface area contributed by atoms with E-state index in [2.05, 4.69) is 33.8 Å². The van der Waals surface area contributed by atoms with E-state index in [1.807, 2.05) is 6.08 Å². The molecule has 0 radical (unpaired) electrons. The monoisotopic (exact) mass is 381 g/mol. The Kier molecular flexibility index (Phi) is 23.9. The van der Waals surface area contributed by atoms with Crippen molar-refractivity contribution in [3.05, 3.63) is 23.3 Å². The molecule has 0 spiro atoms. The number of unbranched alkanes of at least 4 members (excludes halogenated alkanes) is 9. The van der Waals surface area contributed by atoms with E-state index in [4.69, 9.17) is 10.8 Å². The van der Waals surface area contributed by atoms with Crippen LogP contribution < -0.4 is 5.73 Å². The van der Waals surface area contributed by atoms with Gasteiger partial charge in [0.1, 0.15) is 0 Å². The van der Waals surface area contributed by atoms with Crippen molar-refractivity contribution in [1.82, 2.24) is 0 Å². The normalized spacial score (nSPS) is 10.9. The van der Waals surface area contributed by atoms with Crippen molar-refractivity contribution in [2.75, 3.05) is 6.54 Å². The summed E-state index contributed by atoms with van der Waals surface area (Å²) in [7, 11) is 0. The first-order valence-corrected chi connectivity index (χ1v) is 11.1. The molecule has 0 aliphatic carbocycles. The lowest BCUT2D eigenvalue weighted by Crippen LogP contribution is -1.97. The zero-order valence-electron chi connectivity index (χ0n) is 18.7. The summed E-state index contributed by atoms with van der Waals surface area (Å²) in [4.78, 5) is 10.2. The van der Waals surface area contributed by atoms with Gasteiger partial charge in [0.05, 0.1) is 0 Å². The van der Waals surface area contributed by atoms with Gasteiger partial charge in [-0.3, -0.25) is 4.79 Å². The fraction of sp³-hybridized carbons (Fsp3) is 0.792. The summed E-state index contributed by atoms with van der Waals surface area (Å²) in [5.74, 6) is -0.724. The molecule has 3 N–H and O–H groups in total. The molecule has 160 valence electrons. The Morgan fingerprint density at radius 3 is 1.70 bits per heavy atom. The van der Waals surface area contributed by atoms with Crippen molar-refractivity contribution in [1.29, 1.82) is 0 Å². The predicted molar refractivity (Wildman–Crippen MR) is 120 cm³/mol. The first-order valence-electron chi connectivity index (χ1n) is 11.1. The first-order chi connectivity index (χ1) is 12.9. The molecule has 0 unspecified atom stereocenters. The van der Waals surface area contributed by atoms with Crippen molar-refractivity contribution < 1.29 is 9.90 Å². The molecule has 0 saturated heterocycles. The second-order valence-electron chi connectivity index (χ2n) is 7.77. The van der Waals surface area contributed by atoms with E-state index in [0.29, 0.717) is 6.42 Å². The van der Waals surface area contributed by atoms with E-state index < -0.39 is 5.97 Å². The average molecular weight is 382 g/mol. The molecule has 0 aromatic rings. The van der Waals surface area contributed by atoms with E-state index in [-0.39, 0.29) is 6.42 Å². The van der Waals surface area contributed by atoms with Crippen LogP contribution in [0, 0.1) is 0 Å². The van der Waals surface area contributed by atoms with Crippen LogP contribution in [-0.2, 0) is 4.79 Å². The maximum Gasteiger partial charge on any atom is 0.303 e. The second kappa shape index (κ2) is 23.0. The number of carboxylic acids is 1. The molecule has 0 rings (SSSR count). The average Bonchev–Trinajstić information content (AvgIpc) is 2.60. The molecule has 0 saturated carbocycles. The minimum Gasteiger partial charge on any atom is -0.481 e. The summed E-state index contributed by atoms with van der Waals surface area (Å²) in [6.07, 6.45) is 21.1. The zero-order valence-corrected chi connectivity index (χ0v) is 18.7. The fourth-order valence-corrected chi connectivity index (χ4v) is 2.76. The topological polar surface area (TPSA) is 63.3 Å². The molecule has 0 bridgehead atoms. The van der Waals surface area contributed by atoms with Crippen LogP contribution in [0.5, 0.6) is 0 Å². The Bertz CT molecular complexity index is 372. The van der Waals surface area contributed by atoms with Crippen LogP contribution in [0.15, 0.2) is 23.3 Å². The maximum absolute atomic E-state index is 10.2. The highest BCUT2D eigenvalue weighted by molar-refractivity contribution is 5.66. The van der Waals surface area contributed by atoms with Crippen LogP contribution in [-0.4, -0.2) is 17.6 Å². The van der Waals surface area contributed by atoms with Gasteiger partial charge in [-0.2, -0.15) is 0 Å². The number of hydrogen-bond acceptors (Lipinski definition) is 2. The zero-order chi connectivity index (χ0) is 20.8. The molecule has 0 aliphatic heterocycles. The van der Waals surface area contributed by atoms with Crippen molar-refractivity contribution in [2.45, 2.75) is 118 Å².